The van der Waals surface area contributed by atoms with Crippen LogP contribution in [0, 0.1) is 5.92 Å². The Hall–Kier alpha value is -0.380. The van der Waals surface area contributed by atoms with Crippen molar-refractivity contribution in [3.63, 3.8) is 0 Å². The lowest BCUT2D eigenvalue weighted by Crippen LogP contribution is -2.31. The van der Waals surface area contributed by atoms with Crippen LogP contribution >= 0.6 is 11.3 Å². The second-order valence-corrected chi connectivity index (χ2v) is 5.86. The summed E-state index contributed by atoms with van der Waals surface area (Å²) in [6.45, 7) is 9.47. The Balaban J connectivity index is 1.64. The van der Waals surface area contributed by atoms with E-state index < -0.39 is 0 Å². The maximum atomic E-state index is 3.60. The summed E-state index contributed by atoms with van der Waals surface area (Å²) in [6, 6.07) is 4.83. The van der Waals surface area contributed by atoms with Gasteiger partial charge < -0.3 is 10.2 Å². The van der Waals surface area contributed by atoms with E-state index in [1.165, 1.54) is 30.9 Å². The second-order valence-electron chi connectivity index (χ2n) is 4.89. The van der Waals surface area contributed by atoms with E-state index in [2.05, 4.69) is 41.6 Å². The highest BCUT2D eigenvalue weighted by Crippen LogP contribution is 2.18. The number of hydrogen-bond donors (Lipinski definition) is 1. The maximum absolute atomic E-state index is 3.60. The monoisotopic (exact) mass is 238 g/mol. The molecule has 1 aliphatic rings. The van der Waals surface area contributed by atoms with Gasteiger partial charge in [0, 0.05) is 30.6 Å². The highest BCUT2D eigenvalue weighted by Gasteiger charge is 2.17. The SMILES string of the molecule is CC1CCN(CCNC(C)c2cccs2)C1. The van der Waals surface area contributed by atoms with Crippen molar-refractivity contribution in [2.75, 3.05) is 26.2 Å². The first-order valence-electron chi connectivity index (χ1n) is 6.25. The van der Waals surface area contributed by atoms with Gasteiger partial charge >= 0.3 is 0 Å². The molecule has 16 heavy (non-hydrogen) atoms. The number of likely N-dealkylation sites (tertiary alicyclic amines) is 1. The summed E-state index contributed by atoms with van der Waals surface area (Å²) in [7, 11) is 0. The Morgan fingerprint density at radius 2 is 2.50 bits per heavy atom. The predicted molar refractivity (Wildman–Crippen MR) is 71.0 cm³/mol. The molecule has 1 N–H and O–H groups in total. The molecule has 0 spiro atoms. The quantitative estimate of drug-likeness (QED) is 0.848. The van der Waals surface area contributed by atoms with Gasteiger partial charge in [0.1, 0.15) is 0 Å². The molecular weight excluding hydrogens is 216 g/mol. The minimum Gasteiger partial charge on any atom is -0.308 e. The van der Waals surface area contributed by atoms with Crippen molar-refractivity contribution in [2.45, 2.75) is 26.3 Å². The van der Waals surface area contributed by atoms with Crippen molar-refractivity contribution in [2.24, 2.45) is 5.92 Å². The van der Waals surface area contributed by atoms with Crippen LogP contribution in [0.1, 0.15) is 31.2 Å². The molecule has 0 amide bonds. The molecule has 2 atom stereocenters. The molecule has 2 unspecified atom stereocenters. The van der Waals surface area contributed by atoms with Crippen molar-refractivity contribution in [3.8, 4) is 0 Å². The molecule has 2 nitrogen and oxygen atoms in total. The molecule has 0 aromatic carbocycles. The Labute approximate surface area is 103 Å². The van der Waals surface area contributed by atoms with Gasteiger partial charge in [-0.05, 0) is 37.3 Å². The van der Waals surface area contributed by atoms with E-state index in [-0.39, 0.29) is 0 Å². The molecule has 0 saturated carbocycles. The first-order valence-corrected chi connectivity index (χ1v) is 7.13. The van der Waals surface area contributed by atoms with Crippen molar-refractivity contribution in [1.29, 1.82) is 0 Å². The highest BCUT2D eigenvalue weighted by atomic mass is 32.1. The van der Waals surface area contributed by atoms with Crippen LogP contribution in [0.2, 0.25) is 0 Å². The van der Waals surface area contributed by atoms with Crippen molar-refractivity contribution in [3.05, 3.63) is 22.4 Å². The molecule has 2 rings (SSSR count). The summed E-state index contributed by atoms with van der Waals surface area (Å²) in [4.78, 5) is 4.01. The number of thiophene rings is 1. The van der Waals surface area contributed by atoms with Crippen LogP contribution in [0.15, 0.2) is 17.5 Å². The van der Waals surface area contributed by atoms with Gasteiger partial charge in [0.05, 0.1) is 0 Å². The fourth-order valence-corrected chi connectivity index (χ4v) is 3.07. The summed E-state index contributed by atoms with van der Waals surface area (Å²) in [6.07, 6.45) is 1.38. The minimum atomic E-state index is 0.500. The van der Waals surface area contributed by atoms with Gasteiger partial charge in [-0.25, -0.2) is 0 Å². The first-order chi connectivity index (χ1) is 7.75. The van der Waals surface area contributed by atoms with E-state index in [0.29, 0.717) is 6.04 Å². The van der Waals surface area contributed by atoms with Crippen LogP contribution in [0.3, 0.4) is 0 Å². The van der Waals surface area contributed by atoms with Crippen LogP contribution in [0.5, 0.6) is 0 Å². The summed E-state index contributed by atoms with van der Waals surface area (Å²) in [5.41, 5.74) is 0. The van der Waals surface area contributed by atoms with E-state index in [0.717, 1.165) is 12.5 Å². The van der Waals surface area contributed by atoms with Crippen LogP contribution < -0.4 is 5.32 Å². The fraction of sp³-hybridized carbons (Fsp3) is 0.692. The standard InChI is InChI=1S/C13H22N2S/c1-11-5-7-15(10-11)8-6-14-12(2)13-4-3-9-16-13/h3-4,9,11-12,14H,5-8,10H2,1-2H3. The van der Waals surface area contributed by atoms with Gasteiger partial charge in [0.15, 0.2) is 0 Å². The Morgan fingerprint density at radius 3 is 3.12 bits per heavy atom. The molecule has 1 aromatic heterocycles. The molecule has 1 saturated heterocycles. The summed E-state index contributed by atoms with van der Waals surface area (Å²) < 4.78 is 0. The summed E-state index contributed by atoms with van der Waals surface area (Å²) in [5.74, 6) is 0.898. The summed E-state index contributed by atoms with van der Waals surface area (Å²) >= 11 is 1.84. The smallest absolute Gasteiger partial charge is 0.0386 e. The molecule has 1 aromatic rings. The molecule has 3 heteroatoms. The first kappa shape index (κ1) is 12.1. The van der Waals surface area contributed by atoms with E-state index in [1.54, 1.807) is 0 Å². The van der Waals surface area contributed by atoms with Crippen LogP contribution in [0.25, 0.3) is 0 Å². The van der Waals surface area contributed by atoms with Crippen LogP contribution in [-0.2, 0) is 0 Å². The third kappa shape index (κ3) is 3.30. The topological polar surface area (TPSA) is 15.3 Å². The molecule has 1 aliphatic heterocycles. The van der Waals surface area contributed by atoms with Gasteiger partial charge in [-0.15, -0.1) is 11.3 Å². The number of nitrogens with one attached hydrogen (secondary N) is 1. The van der Waals surface area contributed by atoms with Gasteiger partial charge in [0.2, 0.25) is 0 Å². The van der Waals surface area contributed by atoms with Gasteiger partial charge in [0.25, 0.3) is 0 Å². The zero-order valence-corrected chi connectivity index (χ0v) is 11.1. The lowest BCUT2D eigenvalue weighted by molar-refractivity contribution is 0.320. The van der Waals surface area contributed by atoms with Crippen LogP contribution in [0.4, 0.5) is 0 Å². The molecule has 0 radical (unpaired) electrons. The minimum absolute atomic E-state index is 0.500. The molecule has 0 aliphatic carbocycles. The van der Waals surface area contributed by atoms with Crippen molar-refractivity contribution in [1.82, 2.24) is 10.2 Å². The predicted octanol–water partition coefficient (Wildman–Crippen LogP) is 2.74. The lowest BCUT2D eigenvalue weighted by atomic mass is 10.2. The third-order valence-electron chi connectivity index (χ3n) is 3.36. The maximum Gasteiger partial charge on any atom is 0.0386 e. The number of nitrogens with zero attached hydrogens (tertiary/aromatic N) is 1. The van der Waals surface area contributed by atoms with E-state index in [4.69, 9.17) is 0 Å². The highest BCUT2D eigenvalue weighted by molar-refractivity contribution is 7.10. The van der Waals surface area contributed by atoms with Crippen molar-refractivity contribution >= 4 is 11.3 Å². The average molecular weight is 238 g/mol. The van der Waals surface area contributed by atoms with Gasteiger partial charge in [-0.3, -0.25) is 0 Å². The van der Waals surface area contributed by atoms with Crippen LogP contribution in [-0.4, -0.2) is 31.1 Å². The molecule has 1 fully saturated rings. The second kappa shape index (κ2) is 5.80. The molecule has 2 heterocycles. The molecule has 0 bridgehead atoms. The molecule has 90 valence electrons. The Morgan fingerprint density at radius 1 is 1.62 bits per heavy atom. The summed E-state index contributed by atoms with van der Waals surface area (Å²) in [5, 5.41) is 5.74. The molecular formula is C13H22N2S. The average Bonchev–Trinajstić information content (AvgIpc) is 2.89. The lowest BCUT2D eigenvalue weighted by Gasteiger charge is -2.18. The van der Waals surface area contributed by atoms with E-state index >= 15 is 0 Å². The van der Waals surface area contributed by atoms with E-state index in [9.17, 15) is 0 Å². The van der Waals surface area contributed by atoms with Gasteiger partial charge in [-0.1, -0.05) is 13.0 Å². The Bertz CT molecular complexity index is 297. The van der Waals surface area contributed by atoms with E-state index in [1.807, 2.05) is 11.3 Å². The normalized spacial score (nSPS) is 23.8. The van der Waals surface area contributed by atoms with Crippen molar-refractivity contribution < 1.29 is 0 Å². The fourth-order valence-electron chi connectivity index (χ4n) is 2.31. The zero-order chi connectivity index (χ0) is 11.4. The van der Waals surface area contributed by atoms with Gasteiger partial charge in [-0.2, -0.15) is 0 Å². The number of rotatable bonds is 5. The third-order valence-corrected chi connectivity index (χ3v) is 4.41. The number of hydrogen-bond acceptors (Lipinski definition) is 3. The Kier molecular flexibility index (Phi) is 4.38. The largest absolute Gasteiger partial charge is 0.308 e. The zero-order valence-electron chi connectivity index (χ0n) is 10.3.